The minimum Gasteiger partial charge on any atom is -0.378 e. The van der Waals surface area contributed by atoms with Crippen molar-refractivity contribution in [2.24, 2.45) is 0 Å². The molecule has 32 heavy (non-hydrogen) atoms. The van der Waals surface area contributed by atoms with Gasteiger partial charge in [0, 0.05) is 46.3 Å². The van der Waals surface area contributed by atoms with E-state index in [4.69, 9.17) is 16.3 Å². The number of morpholine rings is 1. The number of ether oxygens (including phenoxy) is 1. The first-order valence-corrected chi connectivity index (χ1v) is 10.8. The van der Waals surface area contributed by atoms with Crippen LogP contribution in [0.2, 0.25) is 5.02 Å². The lowest BCUT2D eigenvalue weighted by Gasteiger charge is -2.28. The Morgan fingerprint density at radius 3 is 2.38 bits per heavy atom. The molecule has 0 radical (unpaired) electrons. The number of ketones is 1. The SMILES string of the molecule is O=C(CNc1ccc(Cl)cc1C(=O)c1ccccc1)Nc1ccc(N2CCOCC2)cc1. The maximum Gasteiger partial charge on any atom is 0.243 e. The summed E-state index contributed by atoms with van der Waals surface area (Å²) in [5.74, 6) is -0.369. The molecule has 3 aromatic carbocycles. The molecule has 1 fully saturated rings. The lowest BCUT2D eigenvalue weighted by atomic mass is 10.0. The minimum atomic E-state index is -0.211. The van der Waals surface area contributed by atoms with E-state index in [1.54, 1.807) is 30.3 Å². The fourth-order valence-electron chi connectivity index (χ4n) is 3.56. The van der Waals surface area contributed by atoms with Crippen LogP contribution in [-0.4, -0.2) is 44.5 Å². The number of halogens is 1. The molecule has 0 aromatic heterocycles. The summed E-state index contributed by atoms with van der Waals surface area (Å²) in [6.07, 6.45) is 0. The number of hydrogen-bond acceptors (Lipinski definition) is 5. The molecule has 1 heterocycles. The van der Waals surface area contributed by atoms with Crippen molar-refractivity contribution in [3.63, 3.8) is 0 Å². The monoisotopic (exact) mass is 449 g/mol. The first-order chi connectivity index (χ1) is 15.6. The van der Waals surface area contributed by atoms with Gasteiger partial charge in [-0.3, -0.25) is 9.59 Å². The van der Waals surface area contributed by atoms with Crippen LogP contribution < -0.4 is 15.5 Å². The minimum absolute atomic E-state index is 0.0158. The van der Waals surface area contributed by atoms with E-state index < -0.39 is 0 Å². The van der Waals surface area contributed by atoms with Gasteiger partial charge in [0.2, 0.25) is 5.91 Å². The first-order valence-electron chi connectivity index (χ1n) is 10.5. The van der Waals surface area contributed by atoms with Gasteiger partial charge in [0.15, 0.2) is 5.78 Å². The lowest BCUT2D eigenvalue weighted by molar-refractivity contribution is -0.114. The Balaban J connectivity index is 1.38. The maximum absolute atomic E-state index is 12.9. The zero-order valence-electron chi connectivity index (χ0n) is 17.5. The summed E-state index contributed by atoms with van der Waals surface area (Å²) in [6, 6.07) is 21.7. The Labute approximate surface area is 192 Å². The smallest absolute Gasteiger partial charge is 0.243 e. The van der Waals surface area contributed by atoms with Crippen molar-refractivity contribution < 1.29 is 14.3 Å². The average Bonchev–Trinajstić information content (AvgIpc) is 2.84. The van der Waals surface area contributed by atoms with Gasteiger partial charge in [0.05, 0.1) is 19.8 Å². The molecule has 1 saturated heterocycles. The number of anilines is 3. The molecule has 1 aliphatic rings. The van der Waals surface area contributed by atoms with Crippen molar-refractivity contribution in [2.75, 3.05) is 48.4 Å². The van der Waals surface area contributed by atoms with Gasteiger partial charge in [0.1, 0.15) is 0 Å². The molecule has 0 bridgehead atoms. The van der Waals surface area contributed by atoms with Crippen LogP contribution in [-0.2, 0) is 9.53 Å². The van der Waals surface area contributed by atoms with Crippen molar-refractivity contribution in [1.82, 2.24) is 0 Å². The van der Waals surface area contributed by atoms with Gasteiger partial charge in [-0.05, 0) is 42.5 Å². The van der Waals surface area contributed by atoms with Crippen LogP contribution in [0.5, 0.6) is 0 Å². The Hall–Kier alpha value is -3.35. The number of benzene rings is 3. The topological polar surface area (TPSA) is 70.7 Å². The second-order valence-electron chi connectivity index (χ2n) is 7.43. The molecular formula is C25H24ClN3O3. The molecule has 0 aliphatic carbocycles. The van der Waals surface area contributed by atoms with Crippen LogP contribution in [0.25, 0.3) is 0 Å². The highest BCUT2D eigenvalue weighted by Crippen LogP contribution is 2.24. The van der Waals surface area contributed by atoms with Crippen LogP contribution >= 0.6 is 11.6 Å². The largest absolute Gasteiger partial charge is 0.378 e. The number of carbonyl (C=O) groups excluding carboxylic acids is 2. The summed E-state index contributed by atoms with van der Waals surface area (Å²) in [4.78, 5) is 27.6. The van der Waals surface area contributed by atoms with Gasteiger partial charge in [-0.25, -0.2) is 0 Å². The Morgan fingerprint density at radius 1 is 0.938 bits per heavy atom. The number of carbonyl (C=O) groups is 2. The summed E-state index contributed by atoms with van der Waals surface area (Å²) in [5, 5.41) is 6.40. The maximum atomic E-state index is 12.9. The van der Waals surface area contributed by atoms with Crippen molar-refractivity contribution in [3.8, 4) is 0 Å². The third-order valence-corrected chi connectivity index (χ3v) is 5.46. The highest BCUT2D eigenvalue weighted by atomic mass is 35.5. The molecule has 1 aliphatic heterocycles. The Morgan fingerprint density at radius 2 is 1.66 bits per heavy atom. The first kappa shape index (κ1) is 21.9. The summed E-state index contributed by atoms with van der Waals surface area (Å²) >= 11 is 6.12. The van der Waals surface area contributed by atoms with Crippen LogP contribution in [0.15, 0.2) is 72.8 Å². The molecule has 0 saturated carbocycles. The highest BCUT2D eigenvalue weighted by Gasteiger charge is 2.15. The van der Waals surface area contributed by atoms with Crippen molar-refractivity contribution in [3.05, 3.63) is 88.9 Å². The molecule has 6 nitrogen and oxygen atoms in total. The van der Waals surface area contributed by atoms with Crippen molar-refractivity contribution >= 4 is 40.4 Å². The predicted octanol–water partition coefficient (Wildman–Crippen LogP) is 4.46. The fraction of sp³-hybridized carbons (Fsp3) is 0.200. The number of hydrogen-bond donors (Lipinski definition) is 2. The summed E-state index contributed by atoms with van der Waals surface area (Å²) < 4.78 is 5.38. The van der Waals surface area contributed by atoms with E-state index >= 15 is 0 Å². The van der Waals surface area contributed by atoms with Crippen LogP contribution in [0.1, 0.15) is 15.9 Å². The highest BCUT2D eigenvalue weighted by molar-refractivity contribution is 6.31. The van der Waals surface area contributed by atoms with Gasteiger partial charge in [0.25, 0.3) is 0 Å². The lowest BCUT2D eigenvalue weighted by Crippen LogP contribution is -2.36. The molecule has 0 atom stereocenters. The molecule has 0 spiro atoms. The number of nitrogens with one attached hydrogen (secondary N) is 2. The van der Waals surface area contributed by atoms with E-state index in [1.807, 2.05) is 42.5 Å². The molecule has 0 unspecified atom stereocenters. The number of nitrogens with zero attached hydrogens (tertiary/aromatic N) is 1. The second-order valence-corrected chi connectivity index (χ2v) is 7.87. The van der Waals surface area contributed by atoms with Gasteiger partial charge >= 0.3 is 0 Å². The zero-order valence-corrected chi connectivity index (χ0v) is 18.3. The normalized spacial score (nSPS) is 13.5. The van der Waals surface area contributed by atoms with E-state index in [0.29, 0.717) is 27.5 Å². The van der Waals surface area contributed by atoms with Crippen molar-refractivity contribution in [1.29, 1.82) is 0 Å². The van der Waals surface area contributed by atoms with Crippen molar-refractivity contribution in [2.45, 2.75) is 0 Å². The van der Waals surface area contributed by atoms with E-state index in [0.717, 1.165) is 32.0 Å². The molecule has 4 rings (SSSR count). The fourth-order valence-corrected chi connectivity index (χ4v) is 3.73. The van der Waals surface area contributed by atoms with E-state index in [-0.39, 0.29) is 18.2 Å². The van der Waals surface area contributed by atoms with E-state index in [1.165, 1.54) is 0 Å². The number of amides is 1. The third kappa shape index (κ3) is 5.46. The summed E-state index contributed by atoms with van der Waals surface area (Å²) in [6.45, 7) is 3.19. The van der Waals surface area contributed by atoms with Crippen LogP contribution in [0, 0.1) is 0 Å². The summed E-state index contributed by atoms with van der Waals surface area (Å²) in [5.41, 5.74) is 3.36. The quantitative estimate of drug-likeness (QED) is 0.521. The van der Waals surface area contributed by atoms with E-state index in [9.17, 15) is 9.59 Å². The molecular weight excluding hydrogens is 426 g/mol. The van der Waals surface area contributed by atoms with Gasteiger partial charge in [-0.15, -0.1) is 0 Å². The molecule has 2 N–H and O–H groups in total. The average molecular weight is 450 g/mol. The molecule has 7 heteroatoms. The second kappa shape index (κ2) is 10.3. The molecule has 164 valence electrons. The van der Waals surface area contributed by atoms with Gasteiger partial charge in [-0.1, -0.05) is 41.9 Å². The van der Waals surface area contributed by atoms with Crippen LogP contribution in [0.3, 0.4) is 0 Å². The standard InChI is InChI=1S/C25H24ClN3O3/c26-19-6-11-23(22(16-19)25(31)18-4-2-1-3-5-18)27-17-24(30)28-20-7-9-21(10-8-20)29-12-14-32-15-13-29/h1-11,16,27H,12-15,17H2,(H,28,30). The van der Waals surface area contributed by atoms with Crippen LogP contribution in [0.4, 0.5) is 17.1 Å². The molecule has 3 aromatic rings. The van der Waals surface area contributed by atoms with Gasteiger partial charge in [-0.2, -0.15) is 0 Å². The Kier molecular flexibility index (Phi) is 7.04. The van der Waals surface area contributed by atoms with E-state index in [2.05, 4.69) is 15.5 Å². The Bertz CT molecular complexity index is 1080. The summed E-state index contributed by atoms with van der Waals surface area (Å²) in [7, 11) is 0. The van der Waals surface area contributed by atoms with Gasteiger partial charge < -0.3 is 20.3 Å². The third-order valence-electron chi connectivity index (χ3n) is 5.23. The zero-order chi connectivity index (χ0) is 22.3. The number of rotatable bonds is 7. The molecule has 1 amide bonds. The predicted molar refractivity (Wildman–Crippen MR) is 128 cm³/mol.